The van der Waals surface area contributed by atoms with Gasteiger partial charge in [0.15, 0.2) is 0 Å². The molecule has 1 aromatic carbocycles. The fraction of sp³-hybridized carbons (Fsp3) is 0.400. The number of ketones is 1. The van der Waals surface area contributed by atoms with E-state index in [-0.39, 0.29) is 11.3 Å². The molecule has 1 saturated heterocycles. The van der Waals surface area contributed by atoms with E-state index in [0.29, 0.717) is 42.4 Å². The number of benzene rings is 1. The van der Waals surface area contributed by atoms with Crippen molar-refractivity contribution in [3.63, 3.8) is 0 Å². The smallest absolute Gasteiger partial charge is 0.295 e. The fourth-order valence-corrected chi connectivity index (χ4v) is 3.68. The molecular formula is C25H31N3O4. The second kappa shape index (κ2) is 10.4. The average Bonchev–Trinajstić information content (AvgIpc) is 3.03. The van der Waals surface area contributed by atoms with E-state index in [1.165, 1.54) is 4.90 Å². The molecule has 0 spiro atoms. The van der Waals surface area contributed by atoms with Gasteiger partial charge in [-0.05, 0) is 68.9 Å². The summed E-state index contributed by atoms with van der Waals surface area (Å²) >= 11 is 0. The lowest BCUT2D eigenvalue weighted by atomic mass is 9.96. The van der Waals surface area contributed by atoms with Crippen LogP contribution in [0, 0.1) is 5.92 Å². The number of carbonyl (C=O) groups excluding carboxylic acids is 2. The third-order valence-electron chi connectivity index (χ3n) is 5.26. The van der Waals surface area contributed by atoms with Crippen molar-refractivity contribution in [2.75, 3.05) is 33.8 Å². The molecule has 1 amide bonds. The number of rotatable bonds is 9. The van der Waals surface area contributed by atoms with E-state index >= 15 is 0 Å². The Labute approximate surface area is 189 Å². The number of carbonyl (C=O) groups is 2. The molecular weight excluding hydrogens is 406 g/mol. The van der Waals surface area contributed by atoms with Crippen molar-refractivity contribution < 1.29 is 19.4 Å². The number of hydrogen-bond acceptors (Lipinski definition) is 6. The standard InChI is InChI=1S/C25H31N3O4/c1-17(2)16-32-20-10-8-18(9-11-20)23(29)21-22(19-7-5-12-26-15-19)28(25(31)24(21)30)14-6-13-27(3)4/h5,7-12,15,17,22,29H,6,13-14,16H2,1-4H3/b23-21-. The molecule has 1 aliphatic rings. The summed E-state index contributed by atoms with van der Waals surface area (Å²) in [6.45, 7) is 5.90. The maximum absolute atomic E-state index is 13.0. The molecule has 0 radical (unpaired) electrons. The van der Waals surface area contributed by atoms with E-state index in [2.05, 4.69) is 18.8 Å². The van der Waals surface area contributed by atoms with Gasteiger partial charge in [0.1, 0.15) is 11.5 Å². The van der Waals surface area contributed by atoms with Crippen LogP contribution >= 0.6 is 0 Å². The predicted molar refractivity (Wildman–Crippen MR) is 123 cm³/mol. The quantitative estimate of drug-likeness (QED) is 0.367. The van der Waals surface area contributed by atoms with E-state index in [1.54, 1.807) is 42.7 Å². The average molecular weight is 438 g/mol. The second-order valence-electron chi connectivity index (χ2n) is 8.66. The Bertz CT molecular complexity index is 968. The number of pyridine rings is 1. The largest absolute Gasteiger partial charge is 0.507 e. The Kier molecular flexibility index (Phi) is 7.64. The molecule has 2 heterocycles. The number of aliphatic hydroxyl groups is 1. The van der Waals surface area contributed by atoms with Gasteiger partial charge in [0.05, 0.1) is 18.2 Å². The van der Waals surface area contributed by atoms with Crippen LogP contribution in [-0.4, -0.2) is 65.4 Å². The molecule has 1 aromatic heterocycles. The van der Waals surface area contributed by atoms with Crippen LogP contribution in [0.15, 0.2) is 54.4 Å². The zero-order valence-electron chi connectivity index (χ0n) is 19.1. The van der Waals surface area contributed by atoms with E-state index in [1.807, 2.05) is 25.1 Å². The minimum absolute atomic E-state index is 0.0868. The molecule has 7 nitrogen and oxygen atoms in total. The van der Waals surface area contributed by atoms with Crippen molar-refractivity contribution in [1.82, 2.24) is 14.8 Å². The van der Waals surface area contributed by atoms with Crippen molar-refractivity contribution in [3.8, 4) is 5.75 Å². The number of nitrogens with zero attached hydrogens (tertiary/aromatic N) is 3. The number of aromatic nitrogens is 1. The lowest BCUT2D eigenvalue weighted by molar-refractivity contribution is -0.139. The Balaban J connectivity index is 1.96. The number of Topliss-reactive ketones (excluding diaryl/α,β-unsaturated/α-hetero) is 1. The number of ether oxygens (including phenoxy) is 1. The molecule has 1 unspecified atom stereocenters. The minimum atomic E-state index is -0.679. The minimum Gasteiger partial charge on any atom is -0.507 e. The summed E-state index contributed by atoms with van der Waals surface area (Å²) in [6.07, 6.45) is 3.97. The first-order valence-corrected chi connectivity index (χ1v) is 10.9. The molecule has 0 aliphatic carbocycles. The van der Waals surface area contributed by atoms with Crippen LogP contribution in [-0.2, 0) is 9.59 Å². The molecule has 3 rings (SSSR count). The van der Waals surface area contributed by atoms with Crippen molar-refractivity contribution >= 4 is 17.4 Å². The zero-order chi connectivity index (χ0) is 23.3. The van der Waals surface area contributed by atoms with Gasteiger partial charge in [-0.25, -0.2) is 0 Å². The van der Waals surface area contributed by atoms with Crippen LogP contribution in [0.2, 0.25) is 0 Å². The summed E-state index contributed by atoms with van der Waals surface area (Å²) in [4.78, 5) is 33.6. The van der Waals surface area contributed by atoms with Crippen LogP contribution < -0.4 is 4.74 Å². The lowest BCUT2D eigenvalue weighted by Gasteiger charge is -2.25. The number of likely N-dealkylation sites (tertiary alicyclic amines) is 1. The van der Waals surface area contributed by atoms with Gasteiger partial charge >= 0.3 is 0 Å². The lowest BCUT2D eigenvalue weighted by Crippen LogP contribution is -2.32. The molecule has 1 aliphatic heterocycles. The Hall–Kier alpha value is -3.19. The normalized spacial score (nSPS) is 18.1. The van der Waals surface area contributed by atoms with Crippen molar-refractivity contribution in [3.05, 3.63) is 65.5 Å². The third kappa shape index (κ3) is 5.34. The van der Waals surface area contributed by atoms with Gasteiger partial charge in [0.25, 0.3) is 11.7 Å². The highest BCUT2D eigenvalue weighted by molar-refractivity contribution is 6.46. The monoisotopic (exact) mass is 437 g/mol. The van der Waals surface area contributed by atoms with Crippen LogP contribution in [0.1, 0.15) is 37.4 Å². The first-order chi connectivity index (χ1) is 15.3. The molecule has 32 heavy (non-hydrogen) atoms. The third-order valence-corrected chi connectivity index (χ3v) is 5.26. The summed E-state index contributed by atoms with van der Waals surface area (Å²) in [6, 6.07) is 9.81. The molecule has 1 fully saturated rings. The predicted octanol–water partition coefficient (Wildman–Crippen LogP) is 3.49. The first kappa shape index (κ1) is 23.5. The summed E-state index contributed by atoms with van der Waals surface area (Å²) in [5.41, 5.74) is 1.24. The van der Waals surface area contributed by atoms with Gasteiger partial charge in [-0.1, -0.05) is 19.9 Å². The molecule has 0 saturated carbocycles. The molecule has 0 bridgehead atoms. The van der Waals surface area contributed by atoms with Gasteiger partial charge in [-0.15, -0.1) is 0 Å². The second-order valence-corrected chi connectivity index (χ2v) is 8.66. The molecule has 2 aromatic rings. The van der Waals surface area contributed by atoms with Crippen LogP contribution in [0.25, 0.3) is 5.76 Å². The van der Waals surface area contributed by atoms with Gasteiger partial charge in [-0.3, -0.25) is 14.6 Å². The maximum Gasteiger partial charge on any atom is 0.295 e. The molecule has 1 N–H and O–H groups in total. The summed E-state index contributed by atoms with van der Waals surface area (Å²) in [5.74, 6) is -0.394. The highest BCUT2D eigenvalue weighted by atomic mass is 16.5. The Morgan fingerprint density at radius 1 is 1.19 bits per heavy atom. The molecule has 170 valence electrons. The van der Waals surface area contributed by atoms with Gasteiger partial charge in [0, 0.05) is 24.5 Å². The fourth-order valence-electron chi connectivity index (χ4n) is 3.68. The zero-order valence-corrected chi connectivity index (χ0v) is 19.1. The number of amides is 1. The van der Waals surface area contributed by atoms with Gasteiger partial charge in [0.2, 0.25) is 0 Å². The van der Waals surface area contributed by atoms with Crippen molar-refractivity contribution in [2.45, 2.75) is 26.3 Å². The first-order valence-electron chi connectivity index (χ1n) is 10.9. The van der Waals surface area contributed by atoms with Crippen molar-refractivity contribution in [1.29, 1.82) is 0 Å². The van der Waals surface area contributed by atoms with Crippen LogP contribution in [0.5, 0.6) is 5.75 Å². The van der Waals surface area contributed by atoms with Crippen LogP contribution in [0.4, 0.5) is 0 Å². The highest BCUT2D eigenvalue weighted by Crippen LogP contribution is 2.39. The van der Waals surface area contributed by atoms with Gasteiger partial charge < -0.3 is 19.6 Å². The topological polar surface area (TPSA) is 83.0 Å². The summed E-state index contributed by atoms with van der Waals surface area (Å²) in [5, 5.41) is 11.1. The highest BCUT2D eigenvalue weighted by Gasteiger charge is 2.45. The summed E-state index contributed by atoms with van der Waals surface area (Å²) < 4.78 is 5.70. The van der Waals surface area contributed by atoms with E-state index in [4.69, 9.17) is 4.74 Å². The SMILES string of the molecule is CC(C)COc1ccc(/C(O)=C2/C(=O)C(=O)N(CCCN(C)C)C2c2cccnc2)cc1. The van der Waals surface area contributed by atoms with Crippen molar-refractivity contribution in [2.24, 2.45) is 5.92 Å². The Morgan fingerprint density at radius 3 is 2.50 bits per heavy atom. The van der Waals surface area contributed by atoms with Gasteiger partial charge in [-0.2, -0.15) is 0 Å². The Morgan fingerprint density at radius 2 is 1.91 bits per heavy atom. The molecule has 1 atom stereocenters. The molecule has 7 heteroatoms. The number of aliphatic hydroxyl groups excluding tert-OH is 1. The maximum atomic E-state index is 13.0. The van der Waals surface area contributed by atoms with E-state index in [0.717, 1.165) is 6.54 Å². The van der Waals surface area contributed by atoms with E-state index in [9.17, 15) is 14.7 Å². The summed E-state index contributed by atoms with van der Waals surface area (Å²) in [7, 11) is 3.92. The van der Waals surface area contributed by atoms with E-state index < -0.39 is 17.7 Å². The number of hydrogen-bond donors (Lipinski definition) is 1. The van der Waals surface area contributed by atoms with Crippen LogP contribution in [0.3, 0.4) is 0 Å².